The van der Waals surface area contributed by atoms with Crippen molar-refractivity contribution in [2.45, 2.75) is 7.43 Å². The maximum Gasteiger partial charge on any atom is 0.335 e. The van der Waals surface area contributed by atoms with Crippen molar-refractivity contribution in [3.05, 3.63) is 35.4 Å². The molecule has 1 N–H and O–H groups in total. The van der Waals surface area contributed by atoms with Crippen molar-refractivity contribution < 1.29 is 9.90 Å². The average molecular weight is 163 g/mol. The molecule has 0 saturated heterocycles. The molecule has 62 valence electrons. The van der Waals surface area contributed by atoms with Gasteiger partial charge in [0.15, 0.2) is 0 Å². The Balaban J connectivity index is 0.00000121. The number of benzene rings is 1. The van der Waals surface area contributed by atoms with Gasteiger partial charge in [-0.3, -0.25) is 0 Å². The van der Waals surface area contributed by atoms with Crippen LogP contribution in [0.15, 0.2) is 24.3 Å². The number of rotatable bonds is 1. The highest BCUT2D eigenvalue weighted by Crippen LogP contribution is 2.02. The molecule has 0 radical (unpaired) electrons. The normalized spacial score (nSPS) is 7.92. The average Bonchev–Trinajstić information content (AvgIpc) is 2.05. The van der Waals surface area contributed by atoms with Crippen LogP contribution in [0.2, 0.25) is 0 Å². The number of carbonyl (C=O) groups is 1. The second-order valence-electron chi connectivity index (χ2n) is 2.00. The van der Waals surface area contributed by atoms with Crippen molar-refractivity contribution in [3.8, 4) is 6.07 Å². The van der Waals surface area contributed by atoms with Gasteiger partial charge in [0.2, 0.25) is 0 Å². The third-order valence-corrected chi connectivity index (χ3v) is 1.24. The molecule has 0 aromatic heterocycles. The molecule has 3 heteroatoms. The first kappa shape index (κ1) is 10.2. The molecule has 0 spiro atoms. The molecular formula is C9H9NO2. The number of aromatic carboxylic acids is 1. The number of nitrogens with zero attached hydrogens (tertiary/aromatic N) is 1. The molecule has 1 rings (SSSR count). The highest BCUT2D eigenvalue weighted by molar-refractivity contribution is 5.87. The number of carboxylic acid groups (broad SMARTS) is 1. The largest absolute Gasteiger partial charge is 0.478 e. The summed E-state index contributed by atoms with van der Waals surface area (Å²) >= 11 is 0. The van der Waals surface area contributed by atoms with Gasteiger partial charge in [0.1, 0.15) is 0 Å². The quantitative estimate of drug-likeness (QED) is 0.687. The van der Waals surface area contributed by atoms with E-state index in [0.29, 0.717) is 5.56 Å². The van der Waals surface area contributed by atoms with Gasteiger partial charge in [0, 0.05) is 0 Å². The van der Waals surface area contributed by atoms with Crippen LogP contribution in [0.1, 0.15) is 23.3 Å². The molecule has 0 atom stereocenters. The second-order valence-corrected chi connectivity index (χ2v) is 2.00. The first-order valence-electron chi connectivity index (χ1n) is 2.97. The molecule has 0 amide bonds. The van der Waals surface area contributed by atoms with Gasteiger partial charge in [0.25, 0.3) is 0 Å². The van der Waals surface area contributed by atoms with E-state index in [0.717, 1.165) is 0 Å². The molecule has 0 bridgehead atoms. The third-order valence-electron chi connectivity index (χ3n) is 1.24. The Bertz CT molecular complexity index is 326. The summed E-state index contributed by atoms with van der Waals surface area (Å²) in [5.74, 6) is -1.01. The van der Waals surface area contributed by atoms with E-state index in [2.05, 4.69) is 0 Å². The molecule has 12 heavy (non-hydrogen) atoms. The maximum atomic E-state index is 10.4. The first-order valence-corrected chi connectivity index (χ1v) is 2.97. The van der Waals surface area contributed by atoms with Crippen LogP contribution in [0, 0.1) is 11.3 Å². The molecule has 0 fully saturated rings. The maximum absolute atomic E-state index is 10.4. The van der Waals surface area contributed by atoms with Crippen molar-refractivity contribution in [1.29, 1.82) is 5.26 Å². The Labute approximate surface area is 70.9 Å². The molecule has 3 nitrogen and oxygen atoms in total. The minimum absolute atomic E-state index is 0. The molecule has 0 aliphatic carbocycles. The van der Waals surface area contributed by atoms with E-state index in [-0.39, 0.29) is 13.0 Å². The fraction of sp³-hybridized carbons (Fsp3) is 0.111. The summed E-state index contributed by atoms with van der Waals surface area (Å²) in [6.45, 7) is 0. The van der Waals surface area contributed by atoms with E-state index in [1.807, 2.05) is 6.07 Å². The lowest BCUT2D eigenvalue weighted by molar-refractivity contribution is 0.0697. The summed E-state index contributed by atoms with van der Waals surface area (Å²) in [4.78, 5) is 10.4. The summed E-state index contributed by atoms with van der Waals surface area (Å²) in [5.41, 5.74) is 0.508. The van der Waals surface area contributed by atoms with E-state index in [4.69, 9.17) is 10.4 Å². The van der Waals surface area contributed by atoms with Crippen molar-refractivity contribution in [2.75, 3.05) is 0 Å². The lowest BCUT2D eigenvalue weighted by Gasteiger charge is -1.91. The molecular weight excluding hydrogens is 154 g/mol. The zero-order chi connectivity index (χ0) is 8.27. The van der Waals surface area contributed by atoms with E-state index in [1.54, 1.807) is 12.1 Å². The number of carboxylic acids is 1. The van der Waals surface area contributed by atoms with Gasteiger partial charge < -0.3 is 5.11 Å². The highest BCUT2D eigenvalue weighted by atomic mass is 16.4. The first-order chi connectivity index (χ1) is 5.24. The Morgan fingerprint density at radius 2 is 2.17 bits per heavy atom. The Morgan fingerprint density at radius 3 is 2.67 bits per heavy atom. The van der Waals surface area contributed by atoms with Crippen LogP contribution in [0.5, 0.6) is 0 Å². The Morgan fingerprint density at radius 1 is 1.50 bits per heavy atom. The lowest BCUT2D eigenvalue weighted by atomic mass is 10.1. The van der Waals surface area contributed by atoms with E-state index in [9.17, 15) is 4.79 Å². The molecule has 1 aromatic rings. The van der Waals surface area contributed by atoms with Gasteiger partial charge in [0.05, 0.1) is 17.2 Å². The number of hydrogen-bond donors (Lipinski definition) is 1. The van der Waals surface area contributed by atoms with Crippen LogP contribution in [-0.4, -0.2) is 11.1 Å². The summed E-state index contributed by atoms with van der Waals surface area (Å²) in [6.07, 6.45) is 0. The predicted octanol–water partition coefficient (Wildman–Crippen LogP) is 1.89. The Hall–Kier alpha value is -1.82. The molecule has 1 aromatic carbocycles. The van der Waals surface area contributed by atoms with Crippen LogP contribution >= 0.6 is 0 Å². The van der Waals surface area contributed by atoms with E-state index >= 15 is 0 Å². The van der Waals surface area contributed by atoms with Gasteiger partial charge in [-0.15, -0.1) is 0 Å². The molecule has 0 aliphatic heterocycles. The van der Waals surface area contributed by atoms with Crippen molar-refractivity contribution >= 4 is 5.97 Å². The summed E-state index contributed by atoms with van der Waals surface area (Å²) < 4.78 is 0. The monoisotopic (exact) mass is 163 g/mol. The van der Waals surface area contributed by atoms with Crippen LogP contribution < -0.4 is 0 Å². The Kier molecular flexibility index (Phi) is 3.51. The zero-order valence-electron chi connectivity index (χ0n) is 5.61. The zero-order valence-corrected chi connectivity index (χ0v) is 5.61. The van der Waals surface area contributed by atoms with Gasteiger partial charge in [-0.2, -0.15) is 5.26 Å². The molecule has 0 aliphatic rings. The lowest BCUT2D eigenvalue weighted by Crippen LogP contribution is -1.95. The van der Waals surface area contributed by atoms with Crippen LogP contribution in [-0.2, 0) is 0 Å². The third kappa shape index (κ3) is 2.10. The highest BCUT2D eigenvalue weighted by Gasteiger charge is 2.01. The molecule has 0 heterocycles. The van der Waals surface area contributed by atoms with E-state index in [1.165, 1.54) is 12.1 Å². The van der Waals surface area contributed by atoms with Gasteiger partial charge in [-0.05, 0) is 18.2 Å². The summed E-state index contributed by atoms with van der Waals surface area (Å²) in [6, 6.07) is 7.75. The van der Waals surface area contributed by atoms with Gasteiger partial charge in [-0.1, -0.05) is 13.5 Å². The minimum Gasteiger partial charge on any atom is -0.478 e. The van der Waals surface area contributed by atoms with Crippen LogP contribution in [0.3, 0.4) is 0 Å². The smallest absolute Gasteiger partial charge is 0.335 e. The SMILES string of the molecule is C.N#Cc1cccc(C(=O)O)c1. The number of hydrogen-bond acceptors (Lipinski definition) is 2. The van der Waals surface area contributed by atoms with Crippen LogP contribution in [0.25, 0.3) is 0 Å². The number of nitriles is 1. The van der Waals surface area contributed by atoms with Crippen LogP contribution in [0.4, 0.5) is 0 Å². The van der Waals surface area contributed by atoms with Gasteiger partial charge in [-0.25, -0.2) is 4.79 Å². The fourth-order valence-electron chi connectivity index (χ4n) is 0.722. The van der Waals surface area contributed by atoms with Crippen molar-refractivity contribution in [2.24, 2.45) is 0 Å². The second kappa shape index (κ2) is 4.14. The topological polar surface area (TPSA) is 61.1 Å². The molecule has 0 unspecified atom stereocenters. The standard InChI is InChI=1S/C8H5NO2.CH4/c9-5-6-2-1-3-7(4-6)8(10)11;/h1-4H,(H,10,11);1H4. The summed E-state index contributed by atoms with van der Waals surface area (Å²) in [7, 11) is 0. The van der Waals surface area contributed by atoms with Gasteiger partial charge >= 0.3 is 5.97 Å². The van der Waals surface area contributed by atoms with Crippen molar-refractivity contribution in [1.82, 2.24) is 0 Å². The summed E-state index contributed by atoms with van der Waals surface area (Å²) in [5, 5.41) is 16.9. The fourth-order valence-corrected chi connectivity index (χ4v) is 0.722. The minimum atomic E-state index is -1.01. The van der Waals surface area contributed by atoms with E-state index < -0.39 is 5.97 Å². The predicted molar refractivity (Wildman–Crippen MR) is 44.8 cm³/mol. The molecule has 0 saturated carbocycles. The van der Waals surface area contributed by atoms with Crippen molar-refractivity contribution in [3.63, 3.8) is 0 Å².